The van der Waals surface area contributed by atoms with Crippen LogP contribution in [0.2, 0.25) is 0 Å². The molecule has 1 amide bonds. The quantitative estimate of drug-likeness (QED) is 0.840. The Bertz CT molecular complexity index is 645. The van der Waals surface area contributed by atoms with Crippen LogP contribution in [0.1, 0.15) is 31.2 Å². The van der Waals surface area contributed by atoms with Gasteiger partial charge in [-0.3, -0.25) is 4.79 Å². The largest absolute Gasteiger partial charge is 0.338 e. The molecule has 5 nitrogen and oxygen atoms in total. The molecule has 1 aromatic rings. The van der Waals surface area contributed by atoms with Gasteiger partial charge in [0.2, 0.25) is 15.9 Å². The van der Waals surface area contributed by atoms with Gasteiger partial charge in [-0.05, 0) is 37.7 Å². The fourth-order valence-corrected chi connectivity index (χ4v) is 5.00. The van der Waals surface area contributed by atoms with Crippen LogP contribution < -0.4 is 0 Å². The zero-order valence-corrected chi connectivity index (χ0v) is 14.2. The van der Waals surface area contributed by atoms with Gasteiger partial charge in [0.25, 0.3) is 0 Å². The van der Waals surface area contributed by atoms with E-state index in [-0.39, 0.29) is 24.2 Å². The number of benzene rings is 1. The van der Waals surface area contributed by atoms with Crippen molar-refractivity contribution < 1.29 is 13.2 Å². The van der Waals surface area contributed by atoms with E-state index in [0.717, 1.165) is 32.2 Å². The summed E-state index contributed by atoms with van der Waals surface area (Å²) in [5.41, 5.74) is 1.23. The van der Waals surface area contributed by atoms with Gasteiger partial charge in [-0.2, -0.15) is 4.31 Å². The normalized spacial score (nSPS) is 24.7. The second-order valence-electron chi connectivity index (χ2n) is 6.43. The van der Waals surface area contributed by atoms with E-state index in [0.29, 0.717) is 13.0 Å². The number of nitrogens with zero attached hydrogens (tertiary/aromatic N) is 2. The molecule has 0 N–H and O–H groups in total. The van der Waals surface area contributed by atoms with Gasteiger partial charge >= 0.3 is 0 Å². The first-order valence-corrected chi connectivity index (χ1v) is 9.98. The maximum Gasteiger partial charge on any atom is 0.238 e. The molecule has 6 heteroatoms. The van der Waals surface area contributed by atoms with Crippen molar-refractivity contribution in [3.8, 4) is 0 Å². The van der Waals surface area contributed by atoms with E-state index in [1.54, 1.807) is 0 Å². The third-order valence-electron chi connectivity index (χ3n) is 4.78. The highest BCUT2D eigenvalue weighted by Crippen LogP contribution is 2.22. The maximum absolute atomic E-state index is 12.7. The molecule has 2 saturated heterocycles. The average molecular weight is 336 g/mol. The summed E-state index contributed by atoms with van der Waals surface area (Å²) in [6.45, 7) is 1.23. The van der Waals surface area contributed by atoms with Crippen molar-refractivity contribution in [2.45, 2.75) is 38.1 Å². The highest BCUT2D eigenvalue weighted by atomic mass is 32.2. The highest BCUT2D eigenvalue weighted by molar-refractivity contribution is 7.89. The third-order valence-corrected chi connectivity index (χ3v) is 6.68. The number of hydrogen-bond donors (Lipinski definition) is 0. The summed E-state index contributed by atoms with van der Waals surface area (Å²) in [5.74, 6) is 0.129. The van der Waals surface area contributed by atoms with Crippen LogP contribution in [-0.2, 0) is 21.2 Å². The van der Waals surface area contributed by atoms with Crippen LogP contribution >= 0.6 is 0 Å². The van der Waals surface area contributed by atoms with Crippen molar-refractivity contribution in [3.05, 3.63) is 35.9 Å². The van der Waals surface area contributed by atoms with E-state index in [1.807, 2.05) is 23.1 Å². The summed E-state index contributed by atoms with van der Waals surface area (Å²) >= 11 is 0. The van der Waals surface area contributed by atoms with E-state index in [2.05, 4.69) is 12.1 Å². The second-order valence-corrected chi connectivity index (χ2v) is 8.52. The van der Waals surface area contributed by atoms with Crippen molar-refractivity contribution in [2.75, 3.05) is 25.4 Å². The number of carbonyl (C=O) groups is 1. The lowest BCUT2D eigenvalue weighted by Gasteiger charge is -2.36. The van der Waals surface area contributed by atoms with Gasteiger partial charge in [0.1, 0.15) is 0 Å². The summed E-state index contributed by atoms with van der Waals surface area (Å²) < 4.78 is 25.2. The lowest BCUT2D eigenvalue weighted by molar-refractivity contribution is -0.135. The van der Waals surface area contributed by atoms with Gasteiger partial charge in [0, 0.05) is 19.1 Å². The molecule has 0 radical (unpaired) electrons. The van der Waals surface area contributed by atoms with Crippen molar-refractivity contribution >= 4 is 15.9 Å². The average Bonchev–Trinajstić information content (AvgIpc) is 2.87. The Morgan fingerprint density at radius 3 is 2.57 bits per heavy atom. The summed E-state index contributed by atoms with van der Waals surface area (Å²) in [6.07, 6.45) is 4.60. The summed E-state index contributed by atoms with van der Waals surface area (Å²) in [5, 5.41) is 0. The predicted molar refractivity (Wildman–Crippen MR) is 89.5 cm³/mol. The van der Waals surface area contributed by atoms with Gasteiger partial charge in [-0.15, -0.1) is 0 Å². The monoisotopic (exact) mass is 336 g/mol. The number of rotatable bonds is 4. The van der Waals surface area contributed by atoms with Gasteiger partial charge in [0.05, 0.1) is 12.3 Å². The Balaban J connectivity index is 1.67. The Labute approximate surface area is 138 Å². The summed E-state index contributed by atoms with van der Waals surface area (Å²) in [6, 6.07) is 10.4. The molecule has 23 heavy (non-hydrogen) atoms. The smallest absolute Gasteiger partial charge is 0.238 e. The van der Waals surface area contributed by atoms with Crippen molar-refractivity contribution in [1.82, 2.24) is 9.21 Å². The van der Waals surface area contributed by atoms with Gasteiger partial charge in [-0.1, -0.05) is 30.3 Å². The fraction of sp³-hybridized carbons (Fsp3) is 0.588. The molecule has 2 fully saturated rings. The predicted octanol–water partition coefficient (Wildman–Crippen LogP) is 1.65. The molecule has 3 rings (SSSR count). The van der Waals surface area contributed by atoms with Crippen LogP contribution in [0.3, 0.4) is 0 Å². The van der Waals surface area contributed by atoms with Crippen molar-refractivity contribution in [2.24, 2.45) is 0 Å². The van der Waals surface area contributed by atoms with Crippen molar-refractivity contribution in [3.63, 3.8) is 0 Å². The molecule has 1 unspecified atom stereocenters. The molecule has 0 saturated carbocycles. The first kappa shape index (κ1) is 16.5. The number of carbonyl (C=O) groups excluding carboxylic acids is 1. The Morgan fingerprint density at radius 2 is 1.87 bits per heavy atom. The molecule has 1 atom stereocenters. The molecule has 2 aliphatic rings. The zero-order valence-electron chi connectivity index (χ0n) is 13.4. The Hall–Kier alpha value is -1.40. The molecule has 0 bridgehead atoms. The van der Waals surface area contributed by atoms with E-state index < -0.39 is 10.0 Å². The minimum Gasteiger partial charge on any atom is -0.338 e. The molecule has 126 valence electrons. The number of piperidine rings is 1. The van der Waals surface area contributed by atoms with Crippen molar-refractivity contribution in [1.29, 1.82) is 0 Å². The molecule has 1 aromatic carbocycles. The van der Waals surface area contributed by atoms with E-state index in [1.165, 1.54) is 9.87 Å². The lowest BCUT2D eigenvalue weighted by atomic mass is 9.95. The molecular weight excluding hydrogens is 312 g/mol. The SMILES string of the molecule is O=C(CN1CCCS1(=O)=O)N1CCCCC1Cc1ccccc1. The van der Waals surface area contributed by atoms with Crippen LogP contribution in [0.15, 0.2) is 30.3 Å². The third kappa shape index (κ3) is 3.93. The standard InChI is InChI=1S/C17H24N2O3S/c20-17(14-18-10-6-12-23(18,21)22)19-11-5-4-9-16(19)13-15-7-2-1-3-8-15/h1-3,7-8,16H,4-6,9-14H2. The minimum absolute atomic E-state index is 0.00756. The molecule has 2 aliphatic heterocycles. The van der Waals surface area contributed by atoms with E-state index >= 15 is 0 Å². The van der Waals surface area contributed by atoms with Crippen LogP contribution in [0, 0.1) is 0 Å². The van der Waals surface area contributed by atoms with Crippen LogP contribution in [0.25, 0.3) is 0 Å². The van der Waals surface area contributed by atoms with Gasteiger partial charge in [-0.25, -0.2) is 8.42 Å². The topological polar surface area (TPSA) is 57.7 Å². The Kier molecular flexibility index (Phi) is 5.02. The van der Waals surface area contributed by atoms with Gasteiger partial charge < -0.3 is 4.90 Å². The maximum atomic E-state index is 12.7. The number of amides is 1. The summed E-state index contributed by atoms with van der Waals surface area (Å²) in [7, 11) is -3.21. The van der Waals surface area contributed by atoms with Crippen LogP contribution in [-0.4, -0.2) is 55.0 Å². The van der Waals surface area contributed by atoms with Crippen LogP contribution in [0.5, 0.6) is 0 Å². The summed E-state index contributed by atoms with van der Waals surface area (Å²) in [4.78, 5) is 14.6. The molecule has 0 aliphatic carbocycles. The first-order chi connectivity index (χ1) is 11.1. The highest BCUT2D eigenvalue weighted by Gasteiger charge is 2.33. The first-order valence-electron chi connectivity index (χ1n) is 8.37. The van der Waals surface area contributed by atoms with E-state index in [9.17, 15) is 13.2 Å². The molecule has 2 heterocycles. The minimum atomic E-state index is -3.21. The zero-order chi connectivity index (χ0) is 16.3. The molecule has 0 aromatic heterocycles. The molecular formula is C17H24N2O3S. The Morgan fingerprint density at radius 1 is 1.09 bits per heavy atom. The van der Waals surface area contributed by atoms with Gasteiger partial charge in [0.15, 0.2) is 0 Å². The van der Waals surface area contributed by atoms with E-state index in [4.69, 9.17) is 0 Å². The second kappa shape index (κ2) is 7.01. The number of hydrogen-bond acceptors (Lipinski definition) is 3. The number of likely N-dealkylation sites (tertiary alicyclic amines) is 1. The number of sulfonamides is 1. The lowest BCUT2D eigenvalue weighted by Crippen LogP contribution is -2.49. The van der Waals surface area contributed by atoms with Crippen LogP contribution in [0.4, 0.5) is 0 Å². The fourth-order valence-electron chi connectivity index (χ4n) is 3.54. The molecule has 0 spiro atoms.